The van der Waals surface area contributed by atoms with Gasteiger partial charge in [-0.05, 0) is 31.9 Å². The largest absolute Gasteiger partial charge is 0.354 e. The molecule has 2 N–H and O–H groups in total. The standard InChI is InChI=1S/C15H20N4O2/c1-17-12-4-2-5-13-11(12)6-7-15(21)19(13)10-14(20)18-9-3-8-16/h6-7,12,17H,2-5,9-10H2,1H3,(H,18,20). The van der Waals surface area contributed by atoms with Crippen molar-refractivity contribution in [1.82, 2.24) is 15.2 Å². The van der Waals surface area contributed by atoms with Crippen LogP contribution in [-0.2, 0) is 17.8 Å². The van der Waals surface area contributed by atoms with Crippen molar-refractivity contribution in [2.75, 3.05) is 13.6 Å². The van der Waals surface area contributed by atoms with Crippen molar-refractivity contribution in [2.24, 2.45) is 0 Å². The Morgan fingerprint density at radius 3 is 3.05 bits per heavy atom. The molecule has 0 bridgehead atoms. The Morgan fingerprint density at radius 2 is 2.33 bits per heavy atom. The van der Waals surface area contributed by atoms with Crippen LogP contribution in [0.4, 0.5) is 0 Å². The van der Waals surface area contributed by atoms with Gasteiger partial charge < -0.3 is 15.2 Å². The number of amides is 1. The minimum Gasteiger partial charge on any atom is -0.354 e. The van der Waals surface area contributed by atoms with Crippen LogP contribution < -0.4 is 16.2 Å². The molecule has 0 saturated carbocycles. The quantitative estimate of drug-likeness (QED) is 0.771. The number of carbonyl (C=O) groups excluding carboxylic acids is 1. The highest BCUT2D eigenvalue weighted by atomic mass is 16.2. The Labute approximate surface area is 123 Å². The smallest absolute Gasteiger partial charge is 0.251 e. The molecule has 1 aliphatic rings. The van der Waals surface area contributed by atoms with E-state index in [-0.39, 0.29) is 30.5 Å². The van der Waals surface area contributed by atoms with Gasteiger partial charge in [0.15, 0.2) is 0 Å². The first-order chi connectivity index (χ1) is 10.2. The molecule has 1 aromatic rings. The number of nitriles is 1. The summed E-state index contributed by atoms with van der Waals surface area (Å²) in [5.74, 6) is -0.229. The summed E-state index contributed by atoms with van der Waals surface area (Å²) in [6.07, 6.45) is 3.12. The second-order valence-corrected chi connectivity index (χ2v) is 5.15. The van der Waals surface area contributed by atoms with E-state index in [9.17, 15) is 9.59 Å². The molecule has 1 unspecified atom stereocenters. The van der Waals surface area contributed by atoms with Crippen LogP contribution in [-0.4, -0.2) is 24.1 Å². The van der Waals surface area contributed by atoms with Crippen molar-refractivity contribution in [3.63, 3.8) is 0 Å². The number of hydrogen-bond donors (Lipinski definition) is 2. The number of hydrogen-bond acceptors (Lipinski definition) is 4. The lowest BCUT2D eigenvalue weighted by Crippen LogP contribution is -2.36. The van der Waals surface area contributed by atoms with Gasteiger partial charge in [0, 0.05) is 24.3 Å². The number of fused-ring (bicyclic) bond motifs is 1. The third-order valence-corrected chi connectivity index (χ3v) is 3.82. The van der Waals surface area contributed by atoms with Crippen molar-refractivity contribution < 1.29 is 4.79 Å². The number of nitrogens with one attached hydrogen (secondary N) is 2. The Morgan fingerprint density at radius 1 is 1.52 bits per heavy atom. The SMILES string of the molecule is CNC1CCCc2c1ccc(=O)n2CC(=O)NCCC#N. The fourth-order valence-corrected chi connectivity index (χ4v) is 2.79. The van der Waals surface area contributed by atoms with E-state index in [1.165, 1.54) is 6.07 Å². The summed E-state index contributed by atoms with van der Waals surface area (Å²) in [6.45, 7) is 0.335. The van der Waals surface area contributed by atoms with E-state index in [1.807, 2.05) is 19.2 Å². The molecule has 112 valence electrons. The first-order valence-electron chi connectivity index (χ1n) is 7.21. The van der Waals surface area contributed by atoms with Gasteiger partial charge in [-0.2, -0.15) is 5.26 Å². The summed E-state index contributed by atoms with van der Waals surface area (Å²) in [5.41, 5.74) is 1.90. The minimum atomic E-state index is -0.229. The molecule has 6 heteroatoms. The van der Waals surface area contributed by atoms with E-state index in [2.05, 4.69) is 10.6 Å². The zero-order chi connectivity index (χ0) is 15.2. The van der Waals surface area contributed by atoms with Gasteiger partial charge in [-0.15, -0.1) is 0 Å². The molecule has 2 rings (SSSR count). The van der Waals surface area contributed by atoms with Crippen LogP contribution in [0.2, 0.25) is 0 Å². The van der Waals surface area contributed by atoms with Gasteiger partial charge in [0.2, 0.25) is 5.91 Å². The molecule has 0 aromatic carbocycles. The third-order valence-electron chi connectivity index (χ3n) is 3.82. The molecule has 0 radical (unpaired) electrons. The maximum atomic E-state index is 12.1. The van der Waals surface area contributed by atoms with Crippen LogP contribution in [0.25, 0.3) is 0 Å². The van der Waals surface area contributed by atoms with Crippen molar-refractivity contribution >= 4 is 5.91 Å². The molecular weight excluding hydrogens is 268 g/mol. The summed E-state index contributed by atoms with van der Waals surface area (Å²) < 4.78 is 1.56. The molecule has 0 aliphatic heterocycles. The van der Waals surface area contributed by atoms with Gasteiger partial charge in [-0.25, -0.2) is 0 Å². The average molecular weight is 288 g/mol. The zero-order valence-corrected chi connectivity index (χ0v) is 12.2. The number of aromatic nitrogens is 1. The fraction of sp³-hybridized carbons (Fsp3) is 0.533. The molecular formula is C15H20N4O2. The van der Waals surface area contributed by atoms with Gasteiger partial charge >= 0.3 is 0 Å². The topological polar surface area (TPSA) is 86.9 Å². The van der Waals surface area contributed by atoms with Crippen LogP contribution >= 0.6 is 0 Å². The Balaban J connectivity index is 2.21. The van der Waals surface area contributed by atoms with Crippen molar-refractivity contribution in [3.05, 3.63) is 33.7 Å². The third kappa shape index (κ3) is 3.50. The van der Waals surface area contributed by atoms with E-state index in [1.54, 1.807) is 4.57 Å². The number of nitrogens with zero attached hydrogens (tertiary/aromatic N) is 2. The van der Waals surface area contributed by atoms with Gasteiger partial charge in [0.05, 0.1) is 12.5 Å². The molecule has 0 saturated heterocycles. The normalized spacial score (nSPS) is 16.9. The van der Waals surface area contributed by atoms with E-state index in [0.29, 0.717) is 6.54 Å². The molecule has 1 aliphatic carbocycles. The van der Waals surface area contributed by atoms with E-state index in [4.69, 9.17) is 5.26 Å². The van der Waals surface area contributed by atoms with Gasteiger partial charge in [-0.3, -0.25) is 9.59 Å². The zero-order valence-electron chi connectivity index (χ0n) is 12.2. The molecule has 1 aromatic heterocycles. The van der Waals surface area contributed by atoms with Crippen molar-refractivity contribution in [1.29, 1.82) is 5.26 Å². The van der Waals surface area contributed by atoms with E-state index in [0.717, 1.165) is 30.5 Å². The fourth-order valence-electron chi connectivity index (χ4n) is 2.79. The molecule has 21 heavy (non-hydrogen) atoms. The first kappa shape index (κ1) is 15.3. The Kier molecular flexibility index (Phi) is 5.12. The summed E-state index contributed by atoms with van der Waals surface area (Å²) in [4.78, 5) is 23.9. The Hall–Kier alpha value is -2.13. The Bertz CT molecular complexity index is 615. The summed E-state index contributed by atoms with van der Waals surface area (Å²) in [5, 5.41) is 14.4. The maximum absolute atomic E-state index is 12.1. The lowest BCUT2D eigenvalue weighted by atomic mass is 9.91. The highest BCUT2D eigenvalue weighted by Gasteiger charge is 2.22. The highest BCUT2D eigenvalue weighted by molar-refractivity contribution is 5.75. The molecule has 1 heterocycles. The van der Waals surface area contributed by atoms with E-state index < -0.39 is 0 Å². The van der Waals surface area contributed by atoms with Crippen molar-refractivity contribution in [2.45, 2.75) is 38.3 Å². The van der Waals surface area contributed by atoms with Crippen LogP contribution in [0.15, 0.2) is 16.9 Å². The second kappa shape index (κ2) is 7.04. The number of rotatable bonds is 5. The van der Waals surface area contributed by atoms with Crippen LogP contribution in [0, 0.1) is 11.3 Å². The molecule has 1 atom stereocenters. The van der Waals surface area contributed by atoms with Gasteiger partial charge in [0.25, 0.3) is 5.56 Å². The predicted octanol–water partition coefficient (Wildman–Crippen LogP) is 0.475. The highest BCUT2D eigenvalue weighted by Crippen LogP contribution is 2.28. The first-order valence-corrected chi connectivity index (χ1v) is 7.21. The van der Waals surface area contributed by atoms with E-state index >= 15 is 0 Å². The minimum absolute atomic E-state index is 0.0177. The summed E-state index contributed by atoms with van der Waals surface area (Å²) in [6, 6.07) is 5.60. The molecule has 0 spiro atoms. The van der Waals surface area contributed by atoms with Gasteiger partial charge in [0.1, 0.15) is 6.54 Å². The van der Waals surface area contributed by atoms with Crippen LogP contribution in [0.1, 0.15) is 36.6 Å². The maximum Gasteiger partial charge on any atom is 0.251 e. The molecule has 6 nitrogen and oxygen atoms in total. The van der Waals surface area contributed by atoms with Crippen LogP contribution in [0.5, 0.6) is 0 Å². The average Bonchev–Trinajstić information content (AvgIpc) is 2.49. The lowest BCUT2D eigenvalue weighted by molar-refractivity contribution is -0.121. The lowest BCUT2D eigenvalue weighted by Gasteiger charge is -2.27. The van der Waals surface area contributed by atoms with Crippen molar-refractivity contribution in [3.8, 4) is 6.07 Å². The number of carbonyl (C=O) groups is 1. The van der Waals surface area contributed by atoms with Crippen LogP contribution in [0.3, 0.4) is 0 Å². The summed E-state index contributed by atoms with van der Waals surface area (Å²) in [7, 11) is 1.91. The monoisotopic (exact) mass is 288 g/mol. The summed E-state index contributed by atoms with van der Waals surface area (Å²) >= 11 is 0. The number of pyridine rings is 1. The van der Waals surface area contributed by atoms with Gasteiger partial charge in [-0.1, -0.05) is 6.07 Å². The molecule has 1 amide bonds. The predicted molar refractivity (Wildman–Crippen MR) is 78.7 cm³/mol. The second-order valence-electron chi connectivity index (χ2n) is 5.15. The molecule has 0 fully saturated rings.